The van der Waals surface area contributed by atoms with Crippen molar-refractivity contribution in [1.82, 2.24) is 0 Å². The number of hydrogen-bond acceptors (Lipinski definition) is 2. The predicted molar refractivity (Wildman–Crippen MR) is 64.8 cm³/mol. The Labute approximate surface area is 97.9 Å². The lowest BCUT2D eigenvalue weighted by atomic mass is 9.98. The number of benzene rings is 2. The predicted octanol–water partition coefficient (Wildman–Crippen LogP) is 2.17. The third kappa shape index (κ3) is 2.10. The lowest BCUT2D eigenvalue weighted by Crippen LogP contribution is -2.13. The summed E-state index contributed by atoms with van der Waals surface area (Å²) in [4.78, 5) is 11.3. The van der Waals surface area contributed by atoms with E-state index in [9.17, 15) is 9.18 Å². The fraction of sp³-hybridized carbons (Fsp3) is 0. The van der Waals surface area contributed by atoms with Crippen LogP contribution in [0.2, 0.25) is 0 Å². The molecule has 4 heteroatoms. The lowest BCUT2D eigenvalue weighted by molar-refractivity contribution is 0.100. The van der Waals surface area contributed by atoms with Crippen LogP contribution in [0.5, 0.6) is 0 Å². The number of nitrogens with two attached hydrogens (primary N) is 2. The van der Waals surface area contributed by atoms with Crippen molar-refractivity contribution in [3.63, 3.8) is 0 Å². The van der Waals surface area contributed by atoms with E-state index in [1.807, 2.05) is 0 Å². The molecule has 0 unspecified atom stereocenters. The molecule has 0 spiro atoms. The first-order chi connectivity index (χ1) is 8.09. The number of anilines is 1. The molecular formula is C13H11FN2O. The van der Waals surface area contributed by atoms with Gasteiger partial charge in [-0.15, -0.1) is 0 Å². The maximum atomic E-state index is 13.6. The molecule has 3 nitrogen and oxygen atoms in total. The standard InChI is InChI=1S/C13H11FN2O/c14-12-4-2-1-3-10(12)9-6-5-8(15)7-11(9)13(16)17/h1-7H,15H2,(H2,16,17). The first-order valence-corrected chi connectivity index (χ1v) is 5.04. The van der Waals surface area contributed by atoms with Crippen molar-refractivity contribution in [2.24, 2.45) is 5.73 Å². The number of halogens is 1. The van der Waals surface area contributed by atoms with Gasteiger partial charge in [0.1, 0.15) is 5.82 Å². The molecule has 0 aromatic heterocycles. The van der Waals surface area contributed by atoms with Crippen LogP contribution in [-0.4, -0.2) is 5.91 Å². The zero-order valence-corrected chi connectivity index (χ0v) is 8.98. The summed E-state index contributed by atoms with van der Waals surface area (Å²) in [6.45, 7) is 0. The normalized spacial score (nSPS) is 10.2. The van der Waals surface area contributed by atoms with Crippen molar-refractivity contribution >= 4 is 11.6 Å². The highest BCUT2D eigenvalue weighted by Gasteiger charge is 2.13. The summed E-state index contributed by atoms with van der Waals surface area (Å²) in [6.07, 6.45) is 0. The second-order valence-electron chi connectivity index (χ2n) is 3.65. The van der Waals surface area contributed by atoms with Crippen molar-refractivity contribution in [1.29, 1.82) is 0 Å². The van der Waals surface area contributed by atoms with Gasteiger partial charge >= 0.3 is 0 Å². The van der Waals surface area contributed by atoms with Crippen LogP contribution in [0.1, 0.15) is 10.4 Å². The summed E-state index contributed by atoms with van der Waals surface area (Å²) < 4.78 is 13.6. The summed E-state index contributed by atoms with van der Waals surface area (Å²) in [5.74, 6) is -1.03. The van der Waals surface area contributed by atoms with E-state index < -0.39 is 11.7 Å². The Bertz CT molecular complexity index is 581. The lowest BCUT2D eigenvalue weighted by Gasteiger charge is -2.08. The zero-order valence-electron chi connectivity index (χ0n) is 8.98. The summed E-state index contributed by atoms with van der Waals surface area (Å²) >= 11 is 0. The van der Waals surface area contributed by atoms with E-state index in [1.54, 1.807) is 30.3 Å². The number of carbonyl (C=O) groups is 1. The van der Waals surface area contributed by atoms with Crippen molar-refractivity contribution in [2.75, 3.05) is 5.73 Å². The van der Waals surface area contributed by atoms with Gasteiger partial charge in [0, 0.05) is 16.8 Å². The monoisotopic (exact) mass is 230 g/mol. The van der Waals surface area contributed by atoms with Crippen molar-refractivity contribution in [2.45, 2.75) is 0 Å². The summed E-state index contributed by atoms with van der Waals surface area (Å²) in [7, 11) is 0. The van der Waals surface area contributed by atoms with Gasteiger partial charge in [-0.2, -0.15) is 0 Å². The first kappa shape index (κ1) is 11.1. The van der Waals surface area contributed by atoms with Crippen molar-refractivity contribution < 1.29 is 9.18 Å². The van der Waals surface area contributed by atoms with Gasteiger partial charge in [-0.05, 0) is 23.8 Å². The summed E-state index contributed by atoms with van der Waals surface area (Å²) in [5, 5.41) is 0. The molecular weight excluding hydrogens is 219 g/mol. The Balaban J connectivity index is 2.68. The molecule has 0 saturated heterocycles. The molecule has 1 amide bonds. The SMILES string of the molecule is NC(=O)c1cc(N)ccc1-c1ccccc1F. The van der Waals surface area contributed by atoms with E-state index in [1.165, 1.54) is 12.1 Å². The Kier molecular flexibility index (Phi) is 2.78. The molecule has 86 valence electrons. The maximum absolute atomic E-state index is 13.6. The molecule has 0 aliphatic heterocycles. The number of hydrogen-bond donors (Lipinski definition) is 2. The third-order valence-corrected chi connectivity index (χ3v) is 2.47. The molecule has 2 aromatic rings. The van der Waals surface area contributed by atoms with Gasteiger partial charge in [0.15, 0.2) is 0 Å². The van der Waals surface area contributed by atoms with Crippen LogP contribution in [0, 0.1) is 5.82 Å². The van der Waals surface area contributed by atoms with Crippen LogP contribution in [0.15, 0.2) is 42.5 Å². The highest BCUT2D eigenvalue weighted by atomic mass is 19.1. The molecule has 17 heavy (non-hydrogen) atoms. The quantitative estimate of drug-likeness (QED) is 0.776. The fourth-order valence-electron chi connectivity index (χ4n) is 1.68. The molecule has 2 rings (SSSR count). The topological polar surface area (TPSA) is 69.1 Å². The van der Waals surface area contributed by atoms with Gasteiger partial charge in [0.05, 0.1) is 0 Å². The molecule has 0 aliphatic carbocycles. The highest BCUT2D eigenvalue weighted by Crippen LogP contribution is 2.27. The minimum atomic E-state index is -0.629. The van der Waals surface area contributed by atoms with E-state index in [0.717, 1.165) is 0 Å². The molecule has 0 fully saturated rings. The van der Waals surface area contributed by atoms with Gasteiger partial charge in [0.2, 0.25) is 5.91 Å². The third-order valence-electron chi connectivity index (χ3n) is 2.47. The Hall–Kier alpha value is -2.36. The molecule has 4 N–H and O–H groups in total. The van der Waals surface area contributed by atoms with Crippen LogP contribution in [0.3, 0.4) is 0 Å². The average molecular weight is 230 g/mol. The van der Waals surface area contributed by atoms with Crippen LogP contribution < -0.4 is 11.5 Å². The van der Waals surface area contributed by atoms with Gasteiger partial charge in [-0.3, -0.25) is 4.79 Å². The number of primary amides is 1. The largest absolute Gasteiger partial charge is 0.399 e. The van der Waals surface area contributed by atoms with Gasteiger partial charge < -0.3 is 11.5 Å². The van der Waals surface area contributed by atoms with E-state index in [2.05, 4.69) is 0 Å². The van der Waals surface area contributed by atoms with Crippen molar-refractivity contribution in [3.05, 3.63) is 53.8 Å². The highest BCUT2D eigenvalue weighted by molar-refractivity contribution is 6.00. The average Bonchev–Trinajstić information content (AvgIpc) is 2.30. The minimum Gasteiger partial charge on any atom is -0.399 e. The van der Waals surface area contributed by atoms with Gasteiger partial charge in [0.25, 0.3) is 0 Å². The molecule has 0 aliphatic rings. The molecule has 0 atom stereocenters. The van der Waals surface area contributed by atoms with E-state index in [4.69, 9.17) is 11.5 Å². The summed E-state index contributed by atoms with van der Waals surface area (Å²) in [6, 6.07) is 10.8. The molecule has 2 aromatic carbocycles. The zero-order chi connectivity index (χ0) is 12.4. The van der Waals surface area contributed by atoms with Crippen molar-refractivity contribution in [3.8, 4) is 11.1 Å². The number of carbonyl (C=O) groups excluding carboxylic acids is 1. The Morgan fingerprint density at radius 2 is 1.76 bits per heavy atom. The van der Waals surface area contributed by atoms with Crippen LogP contribution in [0.25, 0.3) is 11.1 Å². The smallest absolute Gasteiger partial charge is 0.249 e. The Morgan fingerprint density at radius 1 is 1.06 bits per heavy atom. The van der Waals surface area contributed by atoms with Crippen LogP contribution in [-0.2, 0) is 0 Å². The Morgan fingerprint density at radius 3 is 2.41 bits per heavy atom. The molecule has 0 radical (unpaired) electrons. The first-order valence-electron chi connectivity index (χ1n) is 5.04. The van der Waals surface area contributed by atoms with Gasteiger partial charge in [-0.1, -0.05) is 24.3 Å². The number of rotatable bonds is 2. The van der Waals surface area contributed by atoms with E-state index in [0.29, 0.717) is 16.8 Å². The fourth-order valence-corrected chi connectivity index (χ4v) is 1.68. The van der Waals surface area contributed by atoms with Crippen LogP contribution >= 0.6 is 0 Å². The molecule has 0 bridgehead atoms. The molecule has 0 saturated carbocycles. The van der Waals surface area contributed by atoms with Gasteiger partial charge in [-0.25, -0.2) is 4.39 Å². The van der Waals surface area contributed by atoms with Crippen LogP contribution in [0.4, 0.5) is 10.1 Å². The molecule has 0 heterocycles. The minimum absolute atomic E-state index is 0.218. The number of nitrogen functional groups attached to an aromatic ring is 1. The second kappa shape index (κ2) is 4.25. The maximum Gasteiger partial charge on any atom is 0.249 e. The van der Waals surface area contributed by atoms with E-state index >= 15 is 0 Å². The second-order valence-corrected chi connectivity index (χ2v) is 3.65. The summed E-state index contributed by atoms with van der Waals surface area (Å²) in [5.41, 5.74) is 12.3. The number of amides is 1. The van der Waals surface area contributed by atoms with E-state index in [-0.39, 0.29) is 5.56 Å².